The fraction of sp³-hybridized carbons (Fsp3) is 0.0385. The molecule has 0 unspecified atom stereocenters. The molecule has 0 spiro atoms. The molecule has 4 aromatic rings. The van der Waals surface area contributed by atoms with Gasteiger partial charge < -0.3 is 0 Å². The van der Waals surface area contributed by atoms with Crippen LogP contribution >= 0.6 is 0 Å². The second-order valence-electron chi connectivity index (χ2n) is 7.48. The summed E-state index contributed by atoms with van der Waals surface area (Å²) in [5.74, 6) is 0. The molecule has 1 aromatic heterocycles. The van der Waals surface area contributed by atoms with Gasteiger partial charge in [-0.05, 0) is 24.6 Å². The average Bonchev–Trinajstić information content (AvgIpc) is 2.86. The van der Waals surface area contributed by atoms with Gasteiger partial charge in [0.1, 0.15) is 17.7 Å². The molecule has 0 fully saturated rings. The van der Waals surface area contributed by atoms with Crippen molar-refractivity contribution in [3.05, 3.63) is 112 Å². The first-order valence-electron chi connectivity index (χ1n) is 10.2. The van der Waals surface area contributed by atoms with Gasteiger partial charge in [0, 0.05) is 11.1 Å². The number of nitrogens with zero attached hydrogens (tertiary/aromatic N) is 3. The summed E-state index contributed by atoms with van der Waals surface area (Å²) >= 11 is 0. The van der Waals surface area contributed by atoms with Gasteiger partial charge in [-0.15, -0.1) is 0 Å². The van der Waals surface area contributed by atoms with E-state index in [1.54, 1.807) is 72.8 Å². The second kappa shape index (κ2) is 9.07. The molecule has 0 radical (unpaired) electrons. The van der Waals surface area contributed by atoms with Crippen LogP contribution in [0.1, 0.15) is 16.7 Å². The predicted octanol–water partition coefficient (Wildman–Crippen LogP) is 4.17. The lowest BCUT2D eigenvalue weighted by Gasteiger charge is -2.20. The summed E-state index contributed by atoms with van der Waals surface area (Å²) in [7, 11) is -4.21. The topological polar surface area (TPSA) is 116 Å². The number of nitriles is 2. The molecule has 0 amide bonds. The fourth-order valence-corrected chi connectivity index (χ4v) is 4.66. The smallest absolute Gasteiger partial charge is 0.266 e. The molecule has 3 aromatic carbocycles. The number of aromatic nitrogens is 1. The maximum Gasteiger partial charge on any atom is 0.288 e. The average molecular weight is 467 g/mol. The summed E-state index contributed by atoms with van der Waals surface area (Å²) < 4.78 is 27.0. The molecule has 0 bridgehead atoms. The Kier molecular flexibility index (Phi) is 6.01. The maximum atomic E-state index is 13.5. The van der Waals surface area contributed by atoms with Crippen molar-refractivity contribution in [2.24, 2.45) is 0 Å². The van der Waals surface area contributed by atoms with Crippen molar-refractivity contribution >= 4 is 10.0 Å². The van der Waals surface area contributed by atoms with E-state index in [4.69, 9.17) is 0 Å². The Balaban J connectivity index is 2.11. The molecule has 0 saturated carbocycles. The van der Waals surface area contributed by atoms with Crippen LogP contribution in [0.2, 0.25) is 0 Å². The normalized spacial score (nSPS) is 10.8. The van der Waals surface area contributed by atoms with Gasteiger partial charge in [0.25, 0.3) is 15.6 Å². The van der Waals surface area contributed by atoms with Crippen molar-refractivity contribution in [2.75, 3.05) is 4.83 Å². The Morgan fingerprint density at radius 2 is 1.32 bits per heavy atom. The van der Waals surface area contributed by atoms with E-state index >= 15 is 0 Å². The highest BCUT2D eigenvalue weighted by molar-refractivity contribution is 7.92. The Morgan fingerprint density at radius 1 is 0.765 bits per heavy atom. The zero-order valence-electron chi connectivity index (χ0n) is 18.1. The minimum absolute atomic E-state index is 0.00182. The highest BCUT2D eigenvalue weighted by atomic mass is 32.2. The van der Waals surface area contributed by atoms with Crippen molar-refractivity contribution in [3.8, 4) is 34.5 Å². The van der Waals surface area contributed by atoms with E-state index in [0.717, 1.165) is 10.2 Å². The van der Waals surface area contributed by atoms with Crippen molar-refractivity contribution in [2.45, 2.75) is 11.8 Å². The largest absolute Gasteiger partial charge is 0.288 e. The first-order valence-corrected chi connectivity index (χ1v) is 11.7. The molecule has 0 aliphatic rings. The van der Waals surface area contributed by atoms with Gasteiger partial charge in [0.2, 0.25) is 0 Å². The Bertz CT molecular complexity index is 1610. The third kappa shape index (κ3) is 4.06. The third-order valence-corrected chi connectivity index (χ3v) is 6.57. The summed E-state index contributed by atoms with van der Waals surface area (Å²) in [5, 5.41) is 20.0. The molecule has 34 heavy (non-hydrogen) atoms. The van der Waals surface area contributed by atoms with Crippen LogP contribution in [-0.4, -0.2) is 13.1 Å². The monoisotopic (exact) mass is 466 g/mol. The first kappa shape index (κ1) is 22.5. The standard InChI is InChI=1S/C26H18N4O3S/c1-18-12-14-20(15-13-18)25-22(16-27)24(19-8-4-2-5-9-19)23(17-28)26(31)30(25)29-34(32,33)21-10-6-3-7-11-21/h2-15,29H,1H3. The van der Waals surface area contributed by atoms with Gasteiger partial charge in [-0.25, -0.2) is 9.51 Å². The lowest BCUT2D eigenvalue weighted by molar-refractivity contribution is 0.594. The summed E-state index contributed by atoms with van der Waals surface area (Å²) in [6, 6.07) is 27.1. The maximum absolute atomic E-state index is 13.5. The van der Waals surface area contributed by atoms with Crippen LogP contribution in [0.5, 0.6) is 0 Å². The number of benzene rings is 3. The lowest BCUT2D eigenvalue weighted by atomic mass is 9.92. The Hall–Kier alpha value is -4.66. The number of pyridine rings is 1. The SMILES string of the molecule is Cc1ccc(-c2c(C#N)c(-c3ccccc3)c(C#N)c(=O)n2NS(=O)(=O)c2ccccc2)cc1. The van der Waals surface area contributed by atoms with Gasteiger partial charge in [0.05, 0.1) is 16.2 Å². The van der Waals surface area contributed by atoms with Crippen LogP contribution in [0, 0.1) is 29.6 Å². The summed E-state index contributed by atoms with van der Waals surface area (Å²) in [6.07, 6.45) is 0. The molecule has 0 saturated heterocycles. The van der Waals surface area contributed by atoms with Crippen LogP contribution in [-0.2, 0) is 10.0 Å². The van der Waals surface area contributed by atoms with E-state index in [-0.39, 0.29) is 27.3 Å². The van der Waals surface area contributed by atoms with Crippen LogP contribution < -0.4 is 10.4 Å². The molecule has 1 N–H and O–H groups in total. The first-order chi connectivity index (χ1) is 16.4. The third-order valence-electron chi connectivity index (χ3n) is 5.25. The quantitative estimate of drug-likeness (QED) is 0.474. The van der Waals surface area contributed by atoms with E-state index in [0.29, 0.717) is 11.1 Å². The molecular weight excluding hydrogens is 448 g/mol. The number of sulfonamides is 1. The van der Waals surface area contributed by atoms with Gasteiger partial charge in [-0.1, -0.05) is 78.4 Å². The van der Waals surface area contributed by atoms with Crippen LogP contribution in [0.4, 0.5) is 0 Å². The van der Waals surface area contributed by atoms with E-state index in [1.165, 1.54) is 12.1 Å². The van der Waals surface area contributed by atoms with Crippen molar-refractivity contribution in [1.29, 1.82) is 10.5 Å². The molecule has 7 nitrogen and oxygen atoms in total. The van der Waals surface area contributed by atoms with Gasteiger partial charge in [0.15, 0.2) is 0 Å². The number of aryl methyl sites for hydroxylation is 1. The molecule has 166 valence electrons. The Labute approximate surface area is 196 Å². The summed E-state index contributed by atoms with van der Waals surface area (Å²) in [4.78, 5) is 15.8. The van der Waals surface area contributed by atoms with Crippen LogP contribution in [0.25, 0.3) is 22.4 Å². The van der Waals surface area contributed by atoms with Gasteiger partial charge >= 0.3 is 0 Å². The highest BCUT2D eigenvalue weighted by Gasteiger charge is 2.26. The minimum atomic E-state index is -4.21. The summed E-state index contributed by atoms with van der Waals surface area (Å²) in [6.45, 7) is 1.88. The molecular formula is C26H18N4O3S. The van der Waals surface area contributed by atoms with Crippen LogP contribution in [0.15, 0.2) is 94.6 Å². The van der Waals surface area contributed by atoms with E-state index < -0.39 is 15.6 Å². The van der Waals surface area contributed by atoms with E-state index in [9.17, 15) is 23.7 Å². The minimum Gasteiger partial charge on any atom is -0.266 e. The van der Waals surface area contributed by atoms with Crippen molar-refractivity contribution in [3.63, 3.8) is 0 Å². The fourth-order valence-electron chi connectivity index (χ4n) is 3.63. The molecule has 0 atom stereocenters. The van der Waals surface area contributed by atoms with E-state index in [2.05, 4.69) is 10.9 Å². The van der Waals surface area contributed by atoms with E-state index in [1.807, 2.05) is 13.0 Å². The van der Waals surface area contributed by atoms with Gasteiger partial charge in [-0.3, -0.25) is 4.79 Å². The van der Waals surface area contributed by atoms with Crippen LogP contribution in [0.3, 0.4) is 0 Å². The number of nitrogens with one attached hydrogen (secondary N) is 1. The highest BCUT2D eigenvalue weighted by Crippen LogP contribution is 2.33. The zero-order valence-corrected chi connectivity index (χ0v) is 18.9. The van der Waals surface area contributed by atoms with Crippen molar-refractivity contribution < 1.29 is 8.42 Å². The number of hydrogen-bond acceptors (Lipinski definition) is 5. The molecule has 1 heterocycles. The molecule has 0 aliphatic heterocycles. The van der Waals surface area contributed by atoms with Crippen molar-refractivity contribution in [1.82, 2.24) is 4.68 Å². The zero-order chi connectivity index (χ0) is 24.3. The lowest BCUT2D eigenvalue weighted by Crippen LogP contribution is -2.36. The molecule has 8 heteroatoms. The molecule has 0 aliphatic carbocycles. The number of rotatable bonds is 5. The summed E-state index contributed by atoms with van der Waals surface area (Å²) in [5.41, 5.74) is 0.867. The van der Waals surface area contributed by atoms with Gasteiger partial charge in [-0.2, -0.15) is 18.9 Å². The predicted molar refractivity (Wildman–Crippen MR) is 129 cm³/mol. The second-order valence-corrected chi connectivity index (χ2v) is 9.14. The molecule has 4 rings (SSSR count). The number of hydrogen-bond donors (Lipinski definition) is 1. The Morgan fingerprint density at radius 3 is 1.88 bits per heavy atom.